The van der Waals surface area contributed by atoms with Crippen molar-refractivity contribution >= 4 is 10.0 Å². The molecule has 0 saturated carbocycles. The molecule has 1 N–H and O–H groups in total. The maximum absolute atomic E-state index is 13.0. The number of hydrogen-bond acceptors (Lipinski definition) is 3. The topological polar surface area (TPSA) is 49.4 Å². The highest BCUT2D eigenvalue weighted by Crippen LogP contribution is 2.23. The summed E-state index contributed by atoms with van der Waals surface area (Å²) in [5.41, 5.74) is 4.26. The molecule has 1 heterocycles. The minimum atomic E-state index is -3.59. The summed E-state index contributed by atoms with van der Waals surface area (Å²) in [5.74, 6) is -0.300. The Labute approximate surface area is 196 Å². The molecule has 0 bridgehead atoms. The SMILES string of the molecule is CC1CCCN1CCc1ccc(-c2ccc(S(=O)(=O)NCCc3ccc(F)cc3)cc2)cc1. The van der Waals surface area contributed by atoms with Crippen molar-refractivity contribution in [3.8, 4) is 11.1 Å². The van der Waals surface area contributed by atoms with E-state index in [-0.39, 0.29) is 17.3 Å². The predicted molar refractivity (Wildman–Crippen MR) is 131 cm³/mol. The quantitative estimate of drug-likeness (QED) is 0.481. The Kier molecular flexibility index (Phi) is 7.58. The van der Waals surface area contributed by atoms with Gasteiger partial charge in [-0.1, -0.05) is 48.5 Å². The number of halogens is 1. The molecule has 0 spiro atoms. The van der Waals surface area contributed by atoms with E-state index >= 15 is 0 Å². The van der Waals surface area contributed by atoms with E-state index in [9.17, 15) is 12.8 Å². The van der Waals surface area contributed by atoms with E-state index in [2.05, 4.69) is 40.8 Å². The van der Waals surface area contributed by atoms with Crippen LogP contribution in [0.2, 0.25) is 0 Å². The summed E-state index contributed by atoms with van der Waals surface area (Å²) in [7, 11) is -3.59. The van der Waals surface area contributed by atoms with E-state index in [0.717, 1.165) is 29.7 Å². The van der Waals surface area contributed by atoms with E-state index < -0.39 is 10.0 Å². The molecule has 6 heteroatoms. The van der Waals surface area contributed by atoms with Crippen LogP contribution in [0.15, 0.2) is 77.7 Å². The number of likely N-dealkylation sites (tertiary alicyclic amines) is 1. The van der Waals surface area contributed by atoms with Crippen LogP contribution in [-0.4, -0.2) is 39.0 Å². The molecule has 1 fully saturated rings. The second kappa shape index (κ2) is 10.6. The smallest absolute Gasteiger partial charge is 0.240 e. The average Bonchev–Trinajstić information content (AvgIpc) is 3.24. The molecule has 0 radical (unpaired) electrons. The number of hydrogen-bond donors (Lipinski definition) is 1. The molecule has 4 rings (SSSR count). The summed E-state index contributed by atoms with van der Waals surface area (Å²) < 4.78 is 40.8. The van der Waals surface area contributed by atoms with Crippen molar-refractivity contribution in [3.05, 3.63) is 89.7 Å². The Morgan fingerprint density at radius 2 is 1.45 bits per heavy atom. The van der Waals surface area contributed by atoms with E-state index in [1.165, 1.54) is 37.1 Å². The highest BCUT2D eigenvalue weighted by atomic mass is 32.2. The van der Waals surface area contributed by atoms with Crippen molar-refractivity contribution in [2.45, 2.75) is 43.5 Å². The molecule has 1 unspecified atom stereocenters. The normalized spacial score (nSPS) is 16.8. The summed E-state index contributed by atoms with van der Waals surface area (Å²) >= 11 is 0. The zero-order valence-corrected chi connectivity index (χ0v) is 19.8. The average molecular weight is 467 g/mol. The van der Waals surface area contributed by atoms with Gasteiger partial charge in [0.05, 0.1) is 4.90 Å². The van der Waals surface area contributed by atoms with E-state index in [0.29, 0.717) is 12.5 Å². The minimum Gasteiger partial charge on any atom is -0.300 e. The lowest BCUT2D eigenvalue weighted by Gasteiger charge is -2.20. The number of benzene rings is 3. The van der Waals surface area contributed by atoms with Crippen molar-refractivity contribution in [2.75, 3.05) is 19.6 Å². The van der Waals surface area contributed by atoms with E-state index in [1.807, 2.05) is 12.1 Å². The standard InChI is InChI=1S/C27H31FN2O2S/c1-21-3-2-19-30(21)20-17-23-4-8-24(9-5-23)25-10-14-27(15-11-25)33(31,32)29-18-16-22-6-12-26(28)13-7-22/h4-15,21,29H,2-3,16-20H2,1H3. The second-order valence-corrected chi connectivity index (χ2v) is 10.5. The van der Waals surface area contributed by atoms with Gasteiger partial charge < -0.3 is 4.90 Å². The van der Waals surface area contributed by atoms with Gasteiger partial charge in [-0.15, -0.1) is 0 Å². The Morgan fingerprint density at radius 3 is 2.06 bits per heavy atom. The van der Waals surface area contributed by atoms with Crippen LogP contribution < -0.4 is 4.72 Å². The molecule has 1 aliphatic heterocycles. The summed E-state index contributed by atoms with van der Waals surface area (Å²) in [4.78, 5) is 2.79. The van der Waals surface area contributed by atoms with Crippen LogP contribution in [0, 0.1) is 5.82 Å². The number of nitrogens with one attached hydrogen (secondary N) is 1. The first-order valence-electron chi connectivity index (χ1n) is 11.6. The zero-order valence-electron chi connectivity index (χ0n) is 19.0. The fraction of sp³-hybridized carbons (Fsp3) is 0.333. The third kappa shape index (κ3) is 6.28. The Morgan fingerprint density at radius 1 is 0.879 bits per heavy atom. The molecule has 4 nitrogen and oxygen atoms in total. The highest BCUT2D eigenvalue weighted by molar-refractivity contribution is 7.89. The van der Waals surface area contributed by atoms with Gasteiger partial charge in [-0.3, -0.25) is 0 Å². The number of rotatable bonds is 9. The fourth-order valence-corrected chi connectivity index (χ4v) is 5.38. The Hall–Kier alpha value is -2.54. The molecular formula is C27H31FN2O2S. The molecule has 33 heavy (non-hydrogen) atoms. The van der Waals surface area contributed by atoms with Gasteiger partial charge in [0.2, 0.25) is 10.0 Å². The first kappa shape index (κ1) is 23.6. The van der Waals surface area contributed by atoms with E-state index in [1.54, 1.807) is 24.3 Å². The summed E-state index contributed by atoms with van der Waals surface area (Å²) in [6.45, 7) is 4.87. The summed E-state index contributed by atoms with van der Waals surface area (Å²) in [6, 6.07) is 22.3. The Bertz CT molecular complexity index is 1140. The van der Waals surface area contributed by atoms with Gasteiger partial charge >= 0.3 is 0 Å². The van der Waals surface area contributed by atoms with E-state index in [4.69, 9.17) is 0 Å². The third-order valence-corrected chi connectivity index (χ3v) is 7.93. The lowest BCUT2D eigenvalue weighted by molar-refractivity contribution is 0.272. The van der Waals surface area contributed by atoms with Crippen molar-refractivity contribution in [2.24, 2.45) is 0 Å². The molecule has 3 aromatic carbocycles. The fourth-order valence-electron chi connectivity index (χ4n) is 4.35. The molecule has 3 aromatic rings. The molecule has 1 atom stereocenters. The van der Waals surface area contributed by atoms with Crippen LogP contribution >= 0.6 is 0 Å². The summed E-state index contributed by atoms with van der Waals surface area (Å²) in [6.07, 6.45) is 4.15. The molecule has 0 aromatic heterocycles. The first-order chi connectivity index (χ1) is 15.9. The van der Waals surface area contributed by atoms with Gasteiger partial charge in [-0.25, -0.2) is 17.5 Å². The van der Waals surface area contributed by atoms with Crippen molar-refractivity contribution < 1.29 is 12.8 Å². The largest absolute Gasteiger partial charge is 0.300 e. The summed E-state index contributed by atoms with van der Waals surface area (Å²) in [5, 5.41) is 0. The van der Waals surface area contributed by atoms with Gasteiger partial charge in [0.25, 0.3) is 0 Å². The highest BCUT2D eigenvalue weighted by Gasteiger charge is 2.19. The predicted octanol–water partition coefficient (Wildman–Crippen LogP) is 5.04. The van der Waals surface area contributed by atoms with Gasteiger partial charge in [0.1, 0.15) is 5.82 Å². The monoisotopic (exact) mass is 466 g/mol. The third-order valence-electron chi connectivity index (χ3n) is 6.45. The van der Waals surface area contributed by atoms with Gasteiger partial charge in [0, 0.05) is 19.1 Å². The van der Waals surface area contributed by atoms with Gasteiger partial charge in [0.15, 0.2) is 0 Å². The van der Waals surface area contributed by atoms with Crippen LogP contribution in [-0.2, 0) is 22.9 Å². The van der Waals surface area contributed by atoms with Crippen LogP contribution in [0.3, 0.4) is 0 Å². The maximum atomic E-state index is 13.0. The van der Waals surface area contributed by atoms with Crippen LogP contribution in [0.1, 0.15) is 30.9 Å². The van der Waals surface area contributed by atoms with Crippen molar-refractivity contribution in [3.63, 3.8) is 0 Å². The lowest BCUT2D eigenvalue weighted by atomic mass is 10.0. The molecule has 0 amide bonds. The number of nitrogens with zero attached hydrogens (tertiary/aromatic N) is 1. The zero-order chi connectivity index (χ0) is 23.3. The van der Waals surface area contributed by atoms with Gasteiger partial charge in [-0.2, -0.15) is 0 Å². The van der Waals surface area contributed by atoms with Crippen LogP contribution in [0.5, 0.6) is 0 Å². The lowest BCUT2D eigenvalue weighted by Crippen LogP contribution is -2.28. The molecule has 1 saturated heterocycles. The molecule has 1 aliphatic rings. The molecular weight excluding hydrogens is 435 g/mol. The van der Waals surface area contributed by atoms with Crippen molar-refractivity contribution in [1.29, 1.82) is 0 Å². The van der Waals surface area contributed by atoms with Crippen LogP contribution in [0.4, 0.5) is 4.39 Å². The van der Waals surface area contributed by atoms with Crippen molar-refractivity contribution in [1.82, 2.24) is 9.62 Å². The molecule has 0 aliphatic carbocycles. The minimum absolute atomic E-state index is 0.238. The van der Waals surface area contributed by atoms with Crippen LogP contribution in [0.25, 0.3) is 11.1 Å². The Balaban J connectivity index is 1.32. The maximum Gasteiger partial charge on any atom is 0.240 e. The van der Waals surface area contributed by atoms with Gasteiger partial charge in [-0.05, 0) is 85.7 Å². The molecule has 174 valence electrons. The number of sulfonamides is 1. The second-order valence-electron chi connectivity index (χ2n) is 8.77. The first-order valence-corrected chi connectivity index (χ1v) is 13.1.